The van der Waals surface area contributed by atoms with E-state index < -0.39 is 0 Å². The summed E-state index contributed by atoms with van der Waals surface area (Å²) < 4.78 is 2.08. The molecule has 0 spiro atoms. The van der Waals surface area contributed by atoms with Gasteiger partial charge < -0.3 is 15.2 Å². The molecule has 134 valence electrons. The number of aromatic nitrogens is 3. The molecule has 0 aliphatic heterocycles. The molecule has 0 saturated heterocycles. The molecule has 1 aliphatic rings. The Balaban J connectivity index is 1.49. The maximum Gasteiger partial charge on any atom is 0.191 e. The summed E-state index contributed by atoms with van der Waals surface area (Å²) in [4.78, 5) is 4.34. The van der Waals surface area contributed by atoms with E-state index in [-0.39, 0.29) is 0 Å². The summed E-state index contributed by atoms with van der Waals surface area (Å²) >= 11 is 0. The van der Waals surface area contributed by atoms with Crippen LogP contribution in [-0.2, 0) is 19.4 Å². The molecule has 0 amide bonds. The monoisotopic (exact) mass is 340 g/mol. The second kappa shape index (κ2) is 8.65. The average Bonchev–Trinajstić information content (AvgIpc) is 3.12. The maximum atomic E-state index is 4.34. The van der Waals surface area contributed by atoms with Crippen molar-refractivity contribution in [3.8, 4) is 0 Å². The third-order valence-corrected chi connectivity index (χ3v) is 4.89. The first-order valence-corrected chi connectivity index (χ1v) is 9.20. The predicted molar refractivity (Wildman–Crippen MR) is 101 cm³/mol. The molecule has 0 fully saturated rings. The molecule has 1 atom stereocenters. The highest BCUT2D eigenvalue weighted by atomic mass is 15.3. The molecule has 1 aliphatic carbocycles. The Labute approximate surface area is 149 Å². The molecular formula is C19H28N6. The van der Waals surface area contributed by atoms with Gasteiger partial charge in [0.2, 0.25) is 0 Å². The van der Waals surface area contributed by atoms with Gasteiger partial charge in [-0.15, -0.1) is 10.2 Å². The zero-order valence-corrected chi connectivity index (χ0v) is 15.2. The van der Waals surface area contributed by atoms with E-state index in [0.717, 1.165) is 37.8 Å². The number of aryl methyl sites for hydroxylation is 2. The molecule has 0 radical (unpaired) electrons. The number of hydrogen-bond donors (Lipinski definition) is 2. The minimum Gasteiger partial charge on any atom is -0.356 e. The number of benzene rings is 1. The largest absolute Gasteiger partial charge is 0.356 e. The number of guanidine groups is 1. The highest BCUT2D eigenvalue weighted by Gasteiger charge is 2.19. The first-order chi connectivity index (χ1) is 12.3. The van der Waals surface area contributed by atoms with Crippen molar-refractivity contribution in [1.29, 1.82) is 0 Å². The summed E-state index contributed by atoms with van der Waals surface area (Å²) in [5, 5.41) is 15.0. The van der Waals surface area contributed by atoms with Crippen molar-refractivity contribution in [3.05, 3.63) is 47.5 Å². The van der Waals surface area contributed by atoms with Gasteiger partial charge in [0.1, 0.15) is 12.2 Å². The van der Waals surface area contributed by atoms with Crippen LogP contribution in [-0.4, -0.2) is 40.9 Å². The zero-order chi connectivity index (χ0) is 17.5. The van der Waals surface area contributed by atoms with Crippen LogP contribution in [0.5, 0.6) is 0 Å². The van der Waals surface area contributed by atoms with Crippen molar-refractivity contribution in [2.45, 2.75) is 45.1 Å². The lowest BCUT2D eigenvalue weighted by Crippen LogP contribution is -2.41. The number of nitrogens with zero attached hydrogens (tertiary/aromatic N) is 4. The summed E-state index contributed by atoms with van der Waals surface area (Å²) in [5.74, 6) is 2.44. The normalized spacial score (nSPS) is 17.2. The third-order valence-electron chi connectivity index (χ3n) is 4.89. The lowest BCUT2D eigenvalue weighted by atomic mass is 9.83. The van der Waals surface area contributed by atoms with Crippen molar-refractivity contribution in [1.82, 2.24) is 25.4 Å². The van der Waals surface area contributed by atoms with Crippen LogP contribution in [0.4, 0.5) is 0 Å². The molecule has 0 saturated carbocycles. The van der Waals surface area contributed by atoms with Crippen LogP contribution in [0.25, 0.3) is 0 Å². The summed E-state index contributed by atoms with van der Waals surface area (Å²) in [6.45, 7) is 4.65. The third kappa shape index (κ3) is 4.38. The molecule has 2 N–H and O–H groups in total. The van der Waals surface area contributed by atoms with Crippen molar-refractivity contribution in [2.24, 2.45) is 4.99 Å². The number of aliphatic imine (C=N–C) groups is 1. The van der Waals surface area contributed by atoms with E-state index in [1.54, 1.807) is 6.33 Å². The van der Waals surface area contributed by atoms with Crippen LogP contribution >= 0.6 is 0 Å². The van der Waals surface area contributed by atoms with Crippen LogP contribution < -0.4 is 10.6 Å². The smallest absolute Gasteiger partial charge is 0.191 e. The van der Waals surface area contributed by atoms with E-state index in [1.807, 2.05) is 7.05 Å². The molecule has 1 unspecified atom stereocenters. The van der Waals surface area contributed by atoms with Crippen LogP contribution in [0.1, 0.15) is 42.6 Å². The van der Waals surface area contributed by atoms with Crippen molar-refractivity contribution < 1.29 is 0 Å². The molecule has 6 nitrogen and oxygen atoms in total. The average molecular weight is 340 g/mol. The van der Waals surface area contributed by atoms with Crippen molar-refractivity contribution >= 4 is 5.96 Å². The van der Waals surface area contributed by atoms with E-state index in [0.29, 0.717) is 5.92 Å². The van der Waals surface area contributed by atoms with Crippen LogP contribution in [0.3, 0.4) is 0 Å². The minimum absolute atomic E-state index is 0.563. The first kappa shape index (κ1) is 17.5. The number of fused-ring (bicyclic) bond motifs is 1. The Hall–Kier alpha value is -2.37. The van der Waals surface area contributed by atoms with Crippen LogP contribution in [0.2, 0.25) is 0 Å². The fourth-order valence-corrected chi connectivity index (χ4v) is 3.54. The topological polar surface area (TPSA) is 67.1 Å². The van der Waals surface area contributed by atoms with E-state index in [4.69, 9.17) is 0 Å². The van der Waals surface area contributed by atoms with Gasteiger partial charge in [0, 0.05) is 39.0 Å². The Morgan fingerprint density at radius 3 is 3.04 bits per heavy atom. The van der Waals surface area contributed by atoms with Gasteiger partial charge in [-0.2, -0.15) is 0 Å². The zero-order valence-electron chi connectivity index (χ0n) is 15.2. The Kier molecular flexibility index (Phi) is 6.04. The lowest BCUT2D eigenvalue weighted by molar-refractivity contribution is 0.538. The molecule has 25 heavy (non-hydrogen) atoms. The SMILES string of the molecule is CCc1nncn1CCNC(=NC)NCC1CCCc2ccccc21. The maximum absolute atomic E-state index is 4.34. The second-order valence-electron chi connectivity index (χ2n) is 6.46. The molecule has 1 aromatic carbocycles. The van der Waals surface area contributed by atoms with E-state index >= 15 is 0 Å². The lowest BCUT2D eigenvalue weighted by Gasteiger charge is -2.26. The van der Waals surface area contributed by atoms with E-state index in [1.165, 1.54) is 30.4 Å². The van der Waals surface area contributed by atoms with Gasteiger partial charge in [0.25, 0.3) is 0 Å². The van der Waals surface area contributed by atoms with Gasteiger partial charge >= 0.3 is 0 Å². The van der Waals surface area contributed by atoms with Gasteiger partial charge in [0.15, 0.2) is 5.96 Å². The van der Waals surface area contributed by atoms with Gasteiger partial charge in [-0.25, -0.2) is 0 Å². The number of rotatable bonds is 6. The molecule has 1 heterocycles. The summed E-state index contributed by atoms with van der Waals surface area (Å²) in [7, 11) is 1.82. The van der Waals surface area contributed by atoms with Crippen molar-refractivity contribution in [3.63, 3.8) is 0 Å². The first-order valence-electron chi connectivity index (χ1n) is 9.20. The Morgan fingerprint density at radius 2 is 2.20 bits per heavy atom. The van der Waals surface area contributed by atoms with Crippen LogP contribution in [0.15, 0.2) is 35.6 Å². The van der Waals surface area contributed by atoms with Crippen molar-refractivity contribution in [2.75, 3.05) is 20.1 Å². The van der Waals surface area contributed by atoms with E-state index in [9.17, 15) is 0 Å². The molecule has 6 heteroatoms. The predicted octanol–water partition coefficient (Wildman–Crippen LogP) is 2.13. The van der Waals surface area contributed by atoms with Gasteiger partial charge in [-0.1, -0.05) is 31.2 Å². The highest BCUT2D eigenvalue weighted by Crippen LogP contribution is 2.30. The molecule has 3 rings (SSSR count). The standard InChI is InChI=1S/C19H28N6/c1-3-18-24-23-14-25(18)12-11-21-19(20-2)22-13-16-9-6-8-15-7-4-5-10-17(15)16/h4-5,7,10,14,16H,3,6,8-9,11-13H2,1-2H3,(H2,20,21,22). The molecule has 1 aromatic heterocycles. The fraction of sp³-hybridized carbons (Fsp3) is 0.526. The molecule has 0 bridgehead atoms. The second-order valence-corrected chi connectivity index (χ2v) is 6.46. The molecular weight excluding hydrogens is 312 g/mol. The summed E-state index contributed by atoms with van der Waals surface area (Å²) in [6.07, 6.45) is 6.40. The highest BCUT2D eigenvalue weighted by molar-refractivity contribution is 5.79. The minimum atomic E-state index is 0.563. The fourth-order valence-electron chi connectivity index (χ4n) is 3.54. The Morgan fingerprint density at radius 1 is 1.32 bits per heavy atom. The quantitative estimate of drug-likeness (QED) is 0.624. The molecule has 2 aromatic rings. The number of nitrogens with one attached hydrogen (secondary N) is 2. The van der Waals surface area contributed by atoms with Crippen LogP contribution in [0, 0.1) is 0 Å². The van der Waals surface area contributed by atoms with Gasteiger partial charge in [-0.05, 0) is 30.4 Å². The summed E-state index contributed by atoms with van der Waals surface area (Å²) in [6, 6.07) is 8.83. The number of hydrogen-bond acceptors (Lipinski definition) is 3. The summed E-state index contributed by atoms with van der Waals surface area (Å²) in [5.41, 5.74) is 3.00. The van der Waals surface area contributed by atoms with Gasteiger partial charge in [-0.3, -0.25) is 4.99 Å². The Bertz CT molecular complexity index is 705. The van der Waals surface area contributed by atoms with Gasteiger partial charge in [0.05, 0.1) is 0 Å². The van der Waals surface area contributed by atoms with E-state index in [2.05, 4.69) is 61.6 Å².